The Kier molecular flexibility index (Phi) is 4.97. The molecule has 1 aromatic heterocycles. The summed E-state index contributed by atoms with van der Waals surface area (Å²) in [6.07, 6.45) is 0.616. The number of aromatic nitrogens is 1. The summed E-state index contributed by atoms with van der Waals surface area (Å²) >= 11 is 9.48. The Morgan fingerprint density at radius 2 is 1.89 bits per heavy atom. The lowest BCUT2D eigenvalue weighted by molar-refractivity contribution is 0.102. The number of halogens is 2. The lowest BCUT2D eigenvalue weighted by Crippen LogP contribution is -2.12. The lowest BCUT2D eigenvalue weighted by atomic mass is 10.1. The fourth-order valence-electron chi connectivity index (χ4n) is 2.77. The minimum atomic E-state index is -0.284. The fourth-order valence-corrected chi connectivity index (χ4v) is 3.33. The van der Waals surface area contributed by atoms with E-state index in [4.69, 9.17) is 16.0 Å². The van der Waals surface area contributed by atoms with Crippen molar-refractivity contribution >= 4 is 50.2 Å². The maximum absolute atomic E-state index is 12.5. The second-order valence-corrected chi connectivity index (χ2v) is 7.35. The van der Waals surface area contributed by atoms with E-state index in [1.54, 1.807) is 36.4 Å². The van der Waals surface area contributed by atoms with Crippen LogP contribution in [0.15, 0.2) is 75.6 Å². The monoisotopic (exact) mass is 440 g/mol. The van der Waals surface area contributed by atoms with Gasteiger partial charge in [-0.3, -0.25) is 4.79 Å². The molecule has 3 aromatic carbocycles. The molecule has 1 amide bonds. The number of fused-ring (bicyclic) bond motifs is 1. The third-order valence-corrected chi connectivity index (χ3v) is 4.88. The van der Waals surface area contributed by atoms with Gasteiger partial charge in [-0.05, 0) is 42.0 Å². The Bertz CT molecular complexity index is 1130. The van der Waals surface area contributed by atoms with E-state index in [1.807, 2.05) is 30.3 Å². The van der Waals surface area contributed by atoms with Crippen LogP contribution in [0.5, 0.6) is 0 Å². The van der Waals surface area contributed by atoms with E-state index >= 15 is 0 Å². The highest BCUT2D eigenvalue weighted by molar-refractivity contribution is 9.10. The van der Waals surface area contributed by atoms with Crippen LogP contribution in [0.1, 0.15) is 21.8 Å². The maximum Gasteiger partial charge on any atom is 0.257 e. The van der Waals surface area contributed by atoms with E-state index in [9.17, 15) is 4.79 Å². The Hall–Kier alpha value is -2.63. The van der Waals surface area contributed by atoms with Crippen LogP contribution in [0, 0.1) is 0 Å². The average Bonchev–Trinajstić information content (AvgIpc) is 3.06. The van der Waals surface area contributed by atoms with Gasteiger partial charge in [0.05, 0.1) is 10.6 Å². The Balaban J connectivity index is 1.56. The molecule has 4 aromatic rings. The van der Waals surface area contributed by atoms with E-state index in [0.717, 1.165) is 10.0 Å². The molecule has 134 valence electrons. The zero-order chi connectivity index (χ0) is 18.8. The highest BCUT2D eigenvalue weighted by Gasteiger charge is 2.13. The molecule has 0 aliphatic rings. The number of carbonyl (C=O) groups is 1. The third kappa shape index (κ3) is 4.04. The van der Waals surface area contributed by atoms with Crippen molar-refractivity contribution in [3.63, 3.8) is 0 Å². The molecule has 0 aliphatic heterocycles. The number of carbonyl (C=O) groups excluding carboxylic acids is 1. The van der Waals surface area contributed by atoms with Gasteiger partial charge in [0, 0.05) is 16.6 Å². The predicted octanol–water partition coefficient (Wildman–Crippen LogP) is 6.09. The normalized spacial score (nSPS) is 10.9. The molecule has 4 rings (SSSR count). The first-order valence-electron chi connectivity index (χ1n) is 8.28. The summed E-state index contributed by atoms with van der Waals surface area (Å²) in [5.74, 6) is 0.350. The van der Waals surface area contributed by atoms with Crippen LogP contribution in [0.3, 0.4) is 0 Å². The number of hydrogen-bond acceptors (Lipinski definition) is 3. The van der Waals surface area contributed by atoms with Gasteiger partial charge in [0.1, 0.15) is 5.52 Å². The van der Waals surface area contributed by atoms with E-state index in [0.29, 0.717) is 39.7 Å². The zero-order valence-electron chi connectivity index (χ0n) is 14.1. The van der Waals surface area contributed by atoms with E-state index < -0.39 is 0 Å². The minimum absolute atomic E-state index is 0.284. The number of hydrogen-bond donors (Lipinski definition) is 1. The molecule has 0 atom stereocenters. The summed E-state index contributed by atoms with van der Waals surface area (Å²) in [5, 5.41) is 3.24. The van der Waals surface area contributed by atoms with Gasteiger partial charge in [0.15, 0.2) is 11.5 Å². The number of anilines is 1. The third-order valence-electron chi connectivity index (χ3n) is 4.06. The summed E-state index contributed by atoms with van der Waals surface area (Å²) in [6, 6.07) is 20.5. The summed E-state index contributed by atoms with van der Waals surface area (Å²) < 4.78 is 6.59. The molecule has 0 unspecified atom stereocenters. The first-order valence-corrected chi connectivity index (χ1v) is 9.45. The van der Waals surface area contributed by atoms with Crippen LogP contribution < -0.4 is 5.32 Å². The molecule has 4 nitrogen and oxygen atoms in total. The van der Waals surface area contributed by atoms with Crippen molar-refractivity contribution in [2.75, 3.05) is 5.32 Å². The molecule has 0 radical (unpaired) electrons. The van der Waals surface area contributed by atoms with Crippen LogP contribution in [-0.2, 0) is 6.42 Å². The van der Waals surface area contributed by atoms with Crippen molar-refractivity contribution in [1.82, 2.24) is 4.98 Å². The van der Waals surface area contributed by atoms with Crippen molar-refractivity contribution in [1.29, 1.82) is 0 Å². The molecular weight excluding hydrogens is 428 g/mol. The summed E-state index contributed by atoms with van der Waals surface area (Å²) in [5.41, 5.74) is 3.53. The second kappa shape index (κ2) is 7.55. The number of benzene rings is 3. The second-order valence-electron chi connectivity index (χ2n) is 6.03. The summed E-state index contributed by atoms with van der Waals surface area (Å²) in [7, 11) is 0. The van der Waals surface area contributed by atoms with Crippen LogP contribution in [0.4, 0.5) is 5.69 Å². The highest BCUT2D eigenvalue weighted by atomic mass is 79.9. The lowest BCUT2D eigenvalue weighted by Gasteiger charge is -2.07. The zero-order valence-corrected chi connectivity index (χ0v) is 16.4. The van der Waals surface area contributed by atoms with E-state index in [1.165, 1.54) is 0 Å². The summed E-state index contributed by atoms with van der Waals surface area (Å²) in [4.78, 5) is 17.0. The Labute approximate surface area is 169 Å². The van der Waals surface area contributed by atoms with E-state index in [-0.39, 0.29) is 5.91 Å². The smallest absolute Gasteiger partial charge is 0.257 e. The van der Waals surface area contributed by atoms with Crippen molar-refractivity contribution in [2.24, 2.45) is 0 Å². The molecule has 0 fully saturated rings. The number of nitrogens with zero attached hydrogens (tertiary/aromatic N) is 1. The van der Waals surface area contributed by atoms with Gasteiger partial charge in [0.25, 0.3) is 5.91 Å². The van der Waals surface area contributed by atoms with Crippen LogP contribution >= 0.6 is 27.5 Å². The van der Waals surface area contributed by atoms with Gasteiger partial charge < -0.3 is 9.73 Å². The van der Waals surface area contributed by atoms with Crippen molar-refractivity contribution in [3.8, 4) is 0 Å². The average molecular weight is 442 g/mol. The van der Waals surface area contributed by atoms with E-state index in [2.05, 4.69) is 26.2 Å². The summed E-state index contributed by atoms with van der Waals surface area (Å²) in [6.45, 7) is 0. The van der Waals surface area contributed by atoms with Crippen molar-refractivity contribution < 1.29 is 9.21 Å². The first-order chi connectivity index (χ1) is 13.1. The van der Waals surface area contributed by atoms with Crippen LogP contribution in [0.2, 0.25) is 5.02 Å². The number of rotatable bonds is 4. The molecule has 1 heterocycles. The largest absolute Gasteiger partial charge is 0.440 e. The molecule has 1 N–H and O–H groups in total. The first kappa shape index (κ1) is 17.8. The van der Waals surface area contributed by atoms with Gasteiger partial charge in [-0.15, -0.1) is 0 Å². The maximum atomic E-state index is 12.5. The molecule has 0 spiro atoms. The van der Waals surface area contributed by atoms with Crippen LogP contribution in [0.25, 0.3) is 11.1 Å². The van der Waals surface area contributed by atoms with Crippen LogP contribution in [-0.4, -0.2) is 10.9 Å². The predicted molar refractivity (Wildman–Crippen MR) is 110 cm³/mol. The molecule has 6 heteroatoms. The molecule has 0 saturated heterocycles. The minimum Gasteiger partial charge on any atom is -0.440 e. The molecule has 27 heavy (non-hydrogen) atoms. The van der Waals surface area contributed by atoms with Gasteiger partial charge in [-0.1, -0.05) is 57.9 Å². The Morgan fingerprint density at radius 1 is 1.07 bits per heavy atom. The van der Waals surface area contributed by atoms with Gasteiger partial charge >= 0.3 is 0 Å². The van der Waals surface area contributed by atoms with Crippen molar-refractivity contribution in [3.05, 3.63) is 93.2 Å². The quantitative estimate of drug-likeness (QED) is 0.417. The standard InChI is InChI=1S/C21H14BrClN2O2/c22-14-6-8-17(23)16(11-14)21(26)24-15-7-9-19-18(12-15)25-20(27-19)10-13-4-2-1-3-5-13/h1-9,11-12H,10H2,(H,24,26). The van der Waals surface area contributed by atoms with Gasteiger partial charge in [-0.2, -0.15) is 0 Å². The number of nitrogens with one attached hydrogen (secondary N) is 1. The van der Waals surface area contributed by atoms with Gasteiger partial charge in [0.2, 0.25) is 0 Å². The number of amides is 1. The molecule has 0 bridgehead atoms. The number of oxazole rings is 1. The molecule has 0 saturated carbocycles. The topological polar surface area (TPSA) is 55.1 Å². The van der Waals surface area contributed by atoms with Gasteiger partial charge in [-0.25, -0.2) is 4.98 Å². The Morgan fingerprint density at radius 3 is 2.70 bits per heavy atom. The highest BCUT2D eigenvalue weighted by Crippen LogP contribution is 2.24. The SMILES string of the molecule is O=C(Nc1ccc2oc(Cc3ccccc3)nc2c1)c1cc(Br)ccc1Cl. The fraction of sp³-hybridized carbons (Fsp3) is 0.0476. The van der Waals surface area contributed by atoms with Crippen molar-refractivity contribution in [2.45, 2.75) is 6.42 Å². The molecular formula is C21H14BrClN2O2. The molecule has 0 aliphatic carbocycles.